The van der Waals surface area contributed by atoms with Crippen molar-refractivity contribution in [3.05, 3.63) is 0 Å². The fraction of sp³-hybridized carbons (Fsp3) is 0.667. The van der Waals surface area contributed by atoms with Crippen LogP contribution in [-0.2, 0) is 4.79 Å². The normalized spacial score (nSPS) is 11.7. The van der Waals surface area contributed by atoms with Gasteiger partial charge in [0.2, 0.25) is 0 Å². The highest BCUT2D eigenvalue weighted by Gasteiger charge is 2.20. The van der Waals surface area contributed by atoms with Crippen LogP contribution in [0, 0.1) is 18.3 Å². The summed E-state index contributed by atoms with van der Waals surface area (Å²) in [5, 5.41) is 14.0. The summed E-state index contributed by atoms with van der Waals surface area (Å²) in [5.41, 5.74) is 0. The van der Waals surface area contributed by atoms with Crippen LogP contribution in [0.15, 0.2) is 0 Å². The van der Waals surface area contributed by atoms with Gasteiger partial charge in [-0.3, -0.25) is 0 Å². The Balaban J connectivity index is 3.89. The molecular formula is C12H20N2O3S. The number of hydrogen-bond acceptors (Lipinski definition) is 3. The second kappa shape index (κ2) is 9.66. The molecule has 0 bridgehead atoms. The fourth-order valence-electron chi connectivity index (χ4n) is 1.27. The van der Waals surface area contributed by atoms with Gasteiger partial charge in [-0.15, -0.1) is 18.2 Å². The van der Waals surface area contributed by atoms with Crippen molar-refractivity contribution in [2.75, 3.05) is 18.1 Å². The molecule has 0 rings (SSSR count). The number of nitrogens with one attached hydrogen (secondary N) is 2. The lowest BCUT2D eigenvalue weighted by molar-refractivity contribution is -0.139. The van der Waals surface area contributed by atoms with E-state index in [4.69, 9.17) is 11.5 Å². The van der Waals surface area contributed by atoms with Gasteiger partial charge in [-0.05, 0) is 12.3 Å². The molecule has 0 aliphatic heterocycles. The lowest BCUT2D eigenvalue weighted by Gasteiger charge is -2.16. The number of aliphatic carboxylic acids is 1. The first-order valence-corrected chi connectivity index (χ1v) is 6.91. The number of rotatable bonds is 8. The van der Waals surface area contributed by atoms with Crippen molar-refractivity contribution in [2.24, 2.45) is 5.92 Å². The summed E-state index contributed by atoms with van der Waals surface area (Å²) >= 11 is 1.54. The predicted molar refractivity (Wildman–Crippen MR) is 73.6 cm³/mol. The zero-order valence-electron chi connectivity index (χ0n) is 10.7. The maximum atomic E-state index is 11.4. The van der Waals surface area contributed by atoms with Crippen molar-refractivity contribution >= 4 is 23.8 Å². The first-order valence-electron chi connectivity index (χ1n) is 5.75. The number of carboxylic acid groups (broad SMARTS) is 1. The number of terminal acetylenes is 1. The summed E-state index contributed by atoms with van der Waals surface area (Å²) in [4.78, 5) is 22.4. The average molecular weight is 272 g/mol. The molecule has 0 fully saturated rings. The van der Waals surface area contributed by atoms with E-state index in [9.17, 15) is 9.59 Å². The predicted octanol–water partition coefficient (Wildman–Crippen LogP) is 1.15. The van der Waals surface area contributed by atoms with Gasteiger partial charge in [0.05, 0.1) is 5.75 Å². The molecule has 6 heteroatoms. The minimum atomic E-state index is -1.01. The van der Waals surface area contributed by atoms with E-state index in [1.54, 1.807) is 0 Å². The van der Waals surface area contributed by atoms with Gasteiger partial charge >= 0.3 is 12.0 Å². The first-order chi connectivity index (χ1) is 8.47. The van der Waals surface area contributed by atoms with Crippen LogP contribution in [0.4, 0.5) is 4.79 Å². The third kappa shape index (κ3) is 8.76. The highest BCUT2D eigenvalue weighted by atomic mass is 32.2. The van der Waals surface area contributed by atoms with E-state index < -0.39 is 18.0 Å². The number of thioether (sulfide) groups is 1. The zero-order chi connectivity index (χ0) is 14.0. The van der Waals surface area contributed by atoms with Crippen molar-refractivity contribution in [1.29, 1.82) is 0 Å². The summed E-state index contributed by atoms with van der Waals surface area (Å²) in [6.45, 7) is 4.28. The molecule has 0 aromatic heterocycles. The zero-order valence-corrected chi connectivity index (χ0v) is 11.5. The van der Waals surface area contributed by atoms with Crippen LogP contribution in [-0.4, -0.2) is 41.2 Å². The molecule has 1 atom stereocenters. The van der Waals surface area contributed by atoms with Crippen LogP contribution >= 0.6 is 11.8 Å². The molecule has 0 heterocycles. The Morgan fingerprint density at radius 1 is 1.44 bits per heavy atom. The van der Waals surface area contributed by atoms with Gasteiger partial charge in [0.1, 0.15) is 6.04 Å². The minimum Gasteiger partial charge on any atom is -0.480 e. The van der Waals surface area contributed by atoms with E-state index in [0.717, 1.165) is 0 Å². The Labute approximate surface area is 112 Å². The third-order valence-electron chi connectivity index (χ3n) is 2.03. The smallest absolute Gasteiger partial charge is 0.326 e. The molecule has 18 heavy (non-hydrogen) atoms. The SMILES string of the molecule is C#CCSCCNC(=O)N[C@H](CC(C)C)C(=O)O. The second-order valence-corrected chi connectivity index (χ2v) is 5.28. The first kappa shape index (κ1) is 16.6. The molecule has 5 nitrogen and oxygen atoms in total. The number of carbonyl (C=O) groups is 2. The molecule has 0 saturated heterocycles. The summed E-state index contributed by atoms with van der Waals surface area (Å²) in [6, 6.07) is -1.30. The van der Waals surface area contributed by atoms with Crippen LogP contribution in [0.5, 0.6) is 0 Å². The van der Waals surface area contributed by atoms with Crippen molar-refractivity contribution in [2.45, 2.75) is 26.3 Å². The van der Waals surface area contributed by atoms with E-state index in [1.165, 1.54) is 11.8 Å². The summed E-state index contributed by atoms with van der Waals surface area (Å²) in [7, 11) is 0. The molecule has 0 unspecified atom stereocenters. The maximum absolute atomic E-state index is 11.4. The van der Waals surface area contributed by atoms with E-state index in [-0.39, 0.29) is 5.92 Å². The highest BCUT2D eigenvalue weighted by Crippen LogP contribution is 2.04. The lowest BCUT2D eigenvalue weighted by atomic mass is 10.0. The number of hydrogen-bond donors (Lipinski definition) is 3. The number of carboxylic acids is 1. The quantitative estimate of drug-likeness (QED) is 0.457. The van der Waals surface area contributed by atoms with Gasteiger partial charge in [-0.25, -0.2) is 9.59 Å². The third-order valence-corrected chi connectivity index (χ3v) is 2.89. The molecule has 102 valence electrons. The fourth-order valence-corrected chi connectivity index (χ4v) is 1.78. The summed E-state index contributed by atoms with van der Waals surface area (Å²) < 4.78 is 0. The molecule has 2 amide bonds. The van der Waals surface area contributed by atoms with Crippen molar-refractivity contribution < 1.29 is 14.7 Å². The van der Waals surface area contributed by atoms with Gasteiger partial charge in [0.25, 0.3) is 0 Å². The van der Waals surface area contributed by atoms with Gasteiger partial charge in [0.15, 0.2) is 0 Å². The van der Waals surface area contributed by atoms with Crippen LogP contribution in [0.2, 0.25) is 0 Å². The maximum Gasteiger partial charge on any atom is 0.326 e. The number of carbonyl (C=O) groups excluding carboxylic acids is 1. The lowest BCUT2D eigenvalue weighted by Crippen LogP contribution is -2.47. The Bertz CT molecular complexity index is 313. The van der Waals surface area contributed by atoms with E-state index in [0.29, 0.717) is 24.5 Å². The molecule has 0 aliphatic carbocycles. The largest absolute Gasteiger partial charge is 0.480 e. The molecular weight excluding hydrogens is 252 g/mol. The Morgan fingerprint density at radius 2 is 2.11 bits per heavy atom. The number of urea groups is 1. The van der Waals surface area contributed by atoms with Gasteiger partial charge in [-0.2, -0.15) is 0 Å². The Morgan fingerprint density at radius 3 is 2.61 bits per heavy atom. The molecule has 0 spiro atoms. The Hall–Kier alpha value is -1.35. The molecule has 0 aromatic rings. The molecule has 0 aliphatic rings. The molecule has 3 N–H and O–H groups in total. The average Bonchev–Trinajstić information content (AvgIpc) is 2.27. The molecule has 0 saturated carbocycles. The van der Waals surface area contributed by atoms with Crippen LogP contribution in [0.25, 0.3) is 0 Å². The highest BCUT2D eigenvalue weighted by molar-refractivity contribution is 7.99. The van der Waals surface area contributed by atoms with Gasteiger partial charge in [-0.1, -0.05) is 19.8 Å². The summed E-state index contributed by atoms with van der Waals surface area (Å²) in [5.74, 6) is 2.99. The van der Waals surface area contributed by atoms with E-state index >= 15 is 0 Å². The van der Waals surface area contributed by atoms with Crippen LogP contribution in [0.3, 0.4) is 0 Å². The summed E-state index contributed by atoms with van der Waals surface area (Å²) in [6.07, 6.45) is 5.49. The van der Waals surface area contributed by atoms with Gasteiger partial charge < -0.3 is 15.7 Å². The topological polar surface area (TPSA) is 78.4 Å². The molecule has 0 radical (unpaired) electrons. The minimum absolute atomic E-state index is 0.206. The van der Waals surface area contributed by atoms with Crippen molar-refractivity contribution in [3.8, 4) is 12.3 Å². The van der Waals surface area contributed by atoms with Crippen molar-refractivity contribution in [1.82, 2.24) is 10.6 Å². The second-order valence-electron chi connectivity index (χ2n) is 4.18. The molecule has 0 aromatic carbocycles. The van der Waals surface area contributed by atoms with Crippen molar-refractivity contribution in [3.63, 3.8) is 0 Å². The Kier molecular flexibility index (Phi) is 8.93. The van der Waals surface area contributed by atoms with E-state index in [1.807, 2.05) is 13.8 Å². The number of amides is 2. The van der Waals surface area contributed by atoms with Gasteiger partial charge in [0, 0.05) is 12.3 Å². The van der Waals surface area contributed by atoms with Crippen LogP contribution < -0.4 is 10.6 Å². The van der Waals surface area contributed by atoms with Crippen LogP contribution in [0.1, 0.15) is 20.3 Å². The van der Waals surface area contributed by atoms with E-state index in [2.05, 4.69) is 16.6 Å². The standard InChI is InChI=1S/C12H20N2O3S/c1-4-6-18-7-5-13-12(17)14-10(11(15)16)8-9(2)3/h1,9-10H,5-8H2,2-3H3,(H,15,16)(H2,13,14,17)/t10-/m1/s1. The monoisotopic (exact) mass is 272 g/mol.